The molecule has 0 radical (unpaired) electrons. The van der Waals surface area contributed by atoms with Gasteiger partial charge in [0, 0.05) is 6.42 Å². The molecule has 6 heteroatoms. The number of aryl methyl sites for hydroxylation is 1. The molecular weight excluding hydrogens is 298 g/mol. The van der Waals surface area contributed by atoms with Crippen LogP contribution < -0.4 is 4.74 Å². The molecule has 1 rings (SSSR count). The van der Waals surface area contributed by atoms with E-state index in [0.29, 0.717) is 15.8 Å². The second-order valence-corrected chi connectivity index (χ2v) is 4.33. The second-order valence-electron chi connectivity index (χ2n) is 3.48. The van der Waals surface area contributed by atoms with Crippen LogP contribution in [-0.2, 0) is 11.2 Å². The van der Waals surface area contributed by atoms with Crippen molar-refractivity contribution < 1.29 is 23.4 Å². The quantitative estimate of drug-likeness (QED) is 0.909. The minimum atomic E-state index is -3.69. The molecule has 0 atom stereocenters. The first-order valence-electron chi connectivity index (χ1n) is 4.80. The van der Waals surface area contributed by atoms with Crippen LogP contribution in [0.5, 0.6) is 5.75 Å². The number of carboxylic acids is 1. The Kier molecular flexibility index (Phi) is 4.45. The van der Waals surface area contributed by atoms with Gasteiger partial charge in [-0.2, -0.15) is 8.78 Å². The Hall–Kier alpha value is -1.17. The molecule has 0 fully saturated rings. The van der Waals surface area contributed by atoms with Gasteiger partial charge < -0.3 is 9.84 Å². The molecule has 0 aromatic heterocycles. The zero-order valence-corrected chi connectivity index (χ0v) is 10.6. The van der Waals surface area contributed by atoms with Crippen molar-refractivity contribution in [1.82, 2.24) is 0 Å². The van der Waals surface area contributed by atoms with Crippen molar-refractivity contribution in [2.45, 2.75) is 18.8 Å². The van der Waals surface area contributed by atoms with Gasteiger partial charge in [-0.15, -0.1) is 0 Å². The minimum Gasteiger partial charge on any atom is -0.496 e. The normalized spacial score (nSPS) is 11.3. The Labute approximate surface area is 106 Å². The molecule has 0 bridgehead atoms. The Bertz CT molecular complexity index is 421. The smallest absolute Gasteiger partial charge is 0.374 e. The van der Waals surface area contributed by atoms with Crippen LogP contribution in [0.1, 0.15) is 12.0 Å². The largest absolute Gasteiger partial charge is 0.496 e. The third kappa shape index (κ3) is 3.66. The molecule has 0 heterocycles. The number of hydrogen-bond acceptors (Lipinski definition) is 2. The summed E-state index contributed by atoms with van der Waals surface area (Å²) < 4.78 is 31.3. The number of hydrogen-bond donors (Lipinski definition) is 1. The van der Waals surface area contributed by atoms with Gasteiger partial charge in [-0.05, 0) is 40.0 Å². The van der Waals surface area contributed by atoms with Crippen LogP contribution in [0.25, 0.3) is 0 Å². The van der Waals surface area contributed by atoms with Crippen molar-refractivity contribution in [2.75, 3.05) is 7.11 Å². The molecular formula is C11H11BrF2O3. The van der Waals surface area contributed by atoms with E-state index in [9.17, 15) is 13.6 Å². The van der Waals surface area contributed by atoms with Crippen LogP contribution in [0.2, 0.25) is 0 Å². The van der Waals surface area contributed by atoms with E-state index >= 15 is 0 Å². The van der Waals surface area contributed by atoms with Gasteiger partial charge in [-0.25, -0.2) is 4.79 Å². The summed E-state index contributed by atoms with van der Waals surface area (Å²) >= 11 is 3.23. The molecule has 0 aliphatic heterocycles. The highest BCUT2D eigenvalue weighted by atomic mass is 79.9. The highest BCUT2D eigenvalue weighted by Crippen LogP contribution is 2.27. The predicted octanol–water partition coefficient (Wildman–Crippen LogP) is 3.11. The summed E-state index contributed by atoms with van der Waals surface area (Å²) in [5.41, 5.74) is 0.624. The van der Waals surface area contributed by atoms with Crippen molar-refractivity contribution >= 4 is 21.9 Å². The molecule has 3 nitrogen and oxygen atoms in total. The van der Waals surface area contributed by atoms with Crippen molar-refractivity contribution in [3.05, 3.63) is 28.2 Å². The van der Waals surface area contributed by atoms with Gasteiger partial charge in [0.1, 0.15) is 5.75 Å². The second kappa shape index (κ2) is 5.44. The summed E-state index contributed by atoms with van der Waals surface area (Å²) in [5, 5.41) is 8.28. The molecule has 0 aliphatic rings. The zero-order valence-electron chi connectivity index (χ0n) is 9.04. The molecule has 0 saturated heterocycles. The van der Waals surface area contributed by atoms with Crippen LogP contribution >= 0.6 is 15.9 Å². The summed E-state index contributed by atoms with van der Waals surface area (Å²) in [6.07, 6.45) is -0.733. The van der Waals surface area contributed by atoms with E-state index in [2.05, 4.69) is 15.9 Å². The van der Waals surface area contributed by atoms with Crippen LogP contribution in [0.4, 0.5) is 8.78 Å². The van der Waals surface area contributed by atoms with Gasteiger partial charge in [0.25, 0.3) is 0 Å². The lowest BCUT2D eigenvalue weighted by Gasteiger charge is -2.11. The number of rotatable bonds is 5. The molecule has 17 heavy (non-hydrogen) atoms. The highest BCUT2D eigenvalue weighted by Gasteiger charge is 2.37. The number of carboxylic acid groups (broad SMARTS) is 1. The van der Waals surface area contributed by atoms with Crippen LogP contribution in [0.3, 0.4) is 0 Å². The summed E-state index contributed by atoms with van der Waals surface area (Å²) in [7, 11) is 1.50. The Morgan fingerprint density at radius 1 is 1.53 bits per heavy atom. The minimum absolute atomic E-state index is 0.0120. The molecule has 0 saturated carbocycles. The van der Waals surface area contributed by atoms with E-state index in [1.807, 2.05) is 0 Å². The molecule has 0 spiro atoms. The molecule has 1 aromatic rings. The zero-order chi connectivity index (χ0) is 13.1. The Balaban J connectivity index is 2.71. The van der Waals surface area contributed by atoms with Gasteiger partial charge >= 0.3 is 11.9 Å². The van der Waals surface area contributed by atoms with E-state index in [1.54, 1.807) is 18.2 Å². The maximum Gasteiger partial charge on any atom is 0.374 e. The topological polar surface area (TPSA) is 46.5 Å². The maximum absolute atomic E-state index is 12.8. The van der Waals surface area contributed by atoms with Crippen molar-refractivity contribution in [2.24, 2.45) is 0 Å². The van der Waals surface area contributed by atoms with E-state index in [4.69, 9.17) is 9.84 Å². The highest BCUT2D eigenvalue weighted by molar-refractivity contribution is 9.10. The molecule has 0 aliphatic carbocycles. The lowest BCUT2D eigenvalue weighted by atomic mass is 10.1. The standard InChI is InChI=1S/C11H11BrF2O3/c1-17-9-3-2-7(6-8(9)12)4-5-11(13,14)10(15)16/h2-3,6H,4-5H2,1H3,(H,15,16). The molecule has 1 N–H and O–H groups in total. The summed E-state index contributed by atoms with van der Waals surface area (Å²) in [5.74, 6) is -5.18. The van der Waals surface area contributed by atoms with Crippen LogP contribution in [-0.4, -0.2) is 24.1 Å². The van der Waals surface area contributed by atoms with Crippen molar-refractivity contribution in [3.63, 3.8) is 0 Å². The maximum atomic E-state index is 12.8. The third-order valence-corrected chi connectivity index (χ3v) is 2.88. The summed E-state index contributed by atoms with van der Waals surface area (Å²) in [6.45, 7) is 0. The number of ether oxygens (including phenoxy) is 1. The van der Waals surface area contributed by atoms with Gasteiger partial charge in [0.05, 0.1) is 11.6 Å². The number of methoxy groups -OCH3 is 1. The van der Waals surface area contributed by atoms with Gasteiger partial charge in [0.15, 0.2) is 0 Å². The van der Waals surface area contributed by atoms with Gasteiger partial charge in [0.2, 0.25) is 0 Å². The Morgan fingerprint density at radius 3 is 2.65 bits per heavy atom. The van der Waals surface area contributed by atoms with E-state index in [-0.39, 0.29) is 6.42 Å². The number of benzene rings is 1. The van der Waals surface area contributed by atoms with Crippen molar-refractivity contribution in [1.29, 1.82) is 0 Å². The van der Waals surface area contributed by atoms with Gasteiger partial charge in [-0.1, -0.05) is 6.07 Å². The average molecular weight is 309 g/mol. The van der Waals surface area contributed by atoms with Gasteiger partial charge in [-0.3, -0.25) is 0 Å². The van der Waals surface area contributed by atoms with E-state index < -0.39 is 18.3 Å². The van der Waals surface area contributed by atoms with Crippen molar-refractivity contribution in [3.8, 4) is 5.75 Å². The fourth-order valence-corrected chi connectivity index (χ4v) is 1.86. The fraction of sp³-hybridized carbons (Fsp3) is 0.364. The predicted molar refractivity (Wildman–Crippen MR) is 61.6 cm³/mol. The lowest BCUT2D eigenvalue weighted by Crippen LogP contribution is -2.28. The lowest BCUT2D eigenvalue weighted by molar-refractivity contribution is -0.165. The first-order chi connectivity index (χ1) is 7.86. The fourth-order valence-electron chi connectivity index (χ4n) is 1.27. The summed E-state index contributed by atoms with van der Waals surface area (Å²) in [4.78, 5) is 10.2. The number of halogens is 3. The SMILES string of the molecule is COc1ccc(CCC(F)(F)C(=O)O)cc1Br. The van der Waals surface area contributed by atoms with E-state index in [1.165, 1.54) is 7.11 Å². The number of carbonyl (C=O) groups is 1. The third-order valence-electron chi connectivity index (χ3n) is 2.26. The van der Waals surface area contributed by atoms with E-state index in [0.717, 1.165) is 0 Å². The van der Waals surface area contributed by atoms with Crippen LogP contribution in [0, 0.1) is 0 Å². The monoisotopic (exact) mass is 308 g/mol. The first-order valence-corrected chi connectivity index (χ1v) is 5.60. The summed E-state index contributed by atoms with van der Waals surface area (Å²) in [6, 6.07) is 4.90. The molecule has 94 valence electrons. The van der Waals surface area contributed by atoms with Crippen LogP contribution in [0.15, 0.2) is 22.7 Å². The molecule has 1 aromatic carbocycles. The first kappa shape index (κ1) is 13.9. The number of aliphatic carboxylic acids is 1. The molecule has 0 unspecified atom stereocenters. The number of alkyl halides is 2. The molecule has 0 amide bonds. The average Bonchev–Trinajstić information content (AvgIpc) is 2.26. The Morgan fingerprint density at radius 2 is 2.18 bits per heavy atom.